The highest BCUT2D eigenvalue weighted by molar-refractivity contribution is 5.67. The molecule has 1 aromatic rings. The Balaban J connectivity index is 2.26. The van der Waals surface area contributed by atoms with Crippen molar-refractivity contribution >= 4 is 5.57 Å². The molecule has 0 unspecified atom stereocenters. The number of nitrogens with zero attached hydrogens (tertiary/aromatic N) is 1. The van der Waals surface area contributed by atoms with E-state index >= 15 is 0 Å². The molecule has 0 N–H and O–H groups in total. The van der Waals surface area contributed by atoms with E-state index in [2.05, 4.69) is 36.2 Å². The molecule has 0 spiro atoms. The van der Waals surface area contributed by atoms with Gasteiger partial charge in [-0.1, -0.05) is 24.1 Å². The number of allylic oxidation sites excluding steroid dienone is 4. The molecule has 1 heterocycles. The van der Waals surface area contributed by atoms with Gasteiger partial charge in [0.1, 0.15) is 0 Å². The molecule has 16 heavy (non-hydrogen) atoms. The van der Waals surface area contributed by atoms with Crippen LogP contribution in [0.5, 0.6) is 0 Å². The first-order valence-corrected chi connectivity index (χ1v) is 6.14. The van der Waals surface area contributed by atoms with Crippen LogP contribution in [0.15, 0.2) is 42.3 Å². The summed E-state index contributed by atoms with van der Waals surface area (Å²) < 4.78 is 0. The third-order valence-electron chi connectivity index (χ3n) is 3.07. The standard InChI is InChI=1S/C15H19N/c1-13-6-4-2-3-5-7-15(12-13)14-8-10-16-11-9-14/h6,8-12H,2-5,7H2,1H3/b13-6-,15-12+. The smallest absolute Gasteiger partial charge is 0.0273 e. The lowest BCUT2D eigenvalue weighted by atomic mass is 9.99. The van der Waals surface area contributed by atoms with Crippen molar-refractivity contribution in [2.45, 2.75) is 39.0 Å². The normalized spacial score (nSPS) is 24.3. The predicted octanol–water partition coefficient (Wildman–Crippen LogP) is 4.38. The van der Waals surface area contributed by atoms with Gasteiger partial charge < -0.3 is 0 Å². The van der Waals surface area contributed by atoms with Crippen LogP contribution in [0.1, 0.15) is 44.6 Å². The molecule has 2 rings (SSSR count). The quantitative estimate of drug-likeness (QED) is 0.674. The molecular weight excluding hydrogens is 194 g/mol. The van der Waals surface area contributed by atoms with Gasteiger partial charge in [-0.3, -0.25) is 4.98 Å². The monoisotopic (exact) mass is 213 g/mol. The molecule has 1 aromatic heterocycles. The summed E-state index contributed by atoms with van der Waals surface area (Å²) in [6.45, 7) is 2.20. The van der Waals surface area contributed by atoms with Crippen LogP contribution in [0, 0.1) is 0 Å². The highest BCUT2D eigenvalue weighted by atomic mass is 14.6. The number of rotatable bonds is 1. The molecule has 0 aromatic carbocycles. The third kappa shape index (κ3) is 3.06. The Bertz CT molecular complexity index is 387. The summed E-state index contributed by atoms with van der Waals surface area (Å²) in [5.41, 5.74) is 4.18. The van der Waals surface area contributed by atoms with Gasteiger partial charge in [0.2, 0.25) is 0 Å². The van der Waals surface area contributed by atoms with Crippen LogP contribution >= 0.6 is 0 Å². The molecule has 1 aliphatic carbocycles. The highest BCUT2D eigenvalue weighted by Crippen LogP contribution is 2.24. The van der Waals surface area contributed by atoms with E-state index in [0.29, 0.717) is 0 Å². The van der Waals surface area contributed by atoms with Gasteiger partial charge in [0.15, 0.2) is 0 Å². The number of aromatic nitrogens is 1. The average molecular weight is 213 g/mol. The van der Waals surface area contributed by atoms with E-state index in [1.165, 1.54) is 48.8 Å². The third-order valence-corrected chi connectivity index (χ3v) is 3.07. The lowest BCUT2D eigenvalue weighted by molar-refractivity contribution is 0.702. The van der Waals surface area contributed by atoms with Crippen molar-refractivity contribution in [3.63, 3.8) is 0 Å². The number of hydrogen-bond acceptors (Lipinski definition) is 1. The first-order chi connectivity index (χ1) is 7.86. The SMILES string of the molecule is CC1=C/CCCCC/C(c2ccncc2)=C\1. The second kappa shape index (κ2) is 5.64. The molecule has 1 heteroatoms. The fourth-order valence-corrected chi connectivity index (χ4v) is 2.17. The van der Waals surface area contributed by atoms with Crippen molar-refractivity contribution in [2.75, 3.05) is 0 Å². The van der Waals surface area contributed by atoms with Crippen molar-refractivity contribution in [2.24, 2.45) is 0 Å². The summed E-state index contributed by atoms with van der Waals surface area (Å²) in [6.07, 6.45) is 14.8. The zero-order valence-electron chi connectivity index (χ0n) is 9.95. The maximum atomic E-state index is 4.08. The molecule has 84 valence electrons. The minimum atomic E-state index is 1.19. The second-order valence-electron chi connectivity index (χ2n) is 4.45. The summed E-state index contributed by atoms with van der Waals surface area (Å²) in [6, 6.07) is 4.22. The maximum Gasteiger partial charge on any atom is 0.0273 e. The minimum absolute atomic E-state index is 1.19. The second-order valence-corrected chi connectivity index (χ2v) is 4.45. The van der Waals surface area contributed by atoms with Crippen LogP contribution in [0.4, 0.5) is 0 Å². The molecule has 1 nitrogen and oxygen atoms in total. The molecule has 0 fully saturated rings. The van der Waals surface area contributed by atoms with Gasteiger partial charge in [-0.2, -0.15) is 0 Å². The van der Waals surface area contributed by atoms with Crippen molar-refractivity contribution in [3.8, 4) is 0 Å². The van der Waals surface area contributed by atoms with E-state index in [0.717, 1.165) is 0 Å². The lowest BCUT2D eigenvalue weighted by Gasteiger charge is -2.07. The molecule has 0 saturated heterocycles. The molecule has 0 saturated carbocycles. The molecule has 1 aliphatic rings. The van der Waals surface area contributed by atoms with E-state index in [-0.39, 0.29) is 0 Å². The molecule has 0 bridgehead atoms. The molecular formula is C15H19N. The Kier molecular flexibility index (Phi) is 3.92. The first kappa shape index (κ1) is 11.1. The van der Waals surface area contributed by atoms with E-state index in [1.54, 1.807) is 0 Å². The number of hydrogen-bond donors (Lipinski definition) is 0. The topological polar surface area (TPSA) is 12.9 Å². The van der Waals surface area contributed by atoms with Crippen LogP contribution in [0.2, 0.25) is 0 Å². The van der Waals surface area contributed by atoms with Crippen LogP contribution in [-0.4, -0.2) is 4.98 Å². The summed E-state index contributed by atoms with van der Waals surface area (Å²) in [5, 5.41) is 0. The molecule has 0 amide bonds. The summed E-state index contributed by atoms with van der Waals surface area (Å²) in [5.74, 6) is 0. The fraction of sp³-hybridized carbons (Fsp3) is 0.400. The van der Waals surface area contributed by atoms with Crippen molar-refractivity contribution in [3.05, 3.63) is 47.8 Å². The zero-order valence-corrected chi connectivity index (χ0v) is 9.95. The van der Waals surface area contributed by atoms with Crippen LogP contribution in [-0.2, 0) is 0 Å². The average Bonchev–Trinajstić information content (AvgIpc) is 2.42. The lowest BCUT2D eigenvalue weighted by Crippen LogP contribution is -1.86. The van der Waals surface area contributed by atoms with Gasteiger partial charge >= 0.3 is 0 Å². The van der Waals surface area contributed by atoms with Gasteiger partial charge in [-0.15, -0.1) is 0 Å². The van der Waals surface area contributed by atoms with E-state index in [4.69, 9.17) is 0 Å². The molecule has 0 aliphatic heterocycles. The van der Waals surface area contributed by atoms with Gasteiger partial charge in [0.25, 0.3) is 0 Å². The van der Waals surface area contributed by atoms with E-state index < -0.39 is 0 Å². The Labute approximate surface area is 97.9 Å². The zero-order chi connectivity index (χ0) is 11.2. The fourth-order valence-electron chi connectivity index (χ4n) is 2.17. The first-order valence-electron chi connectivity index (χ1n) is 6.14. The summed E-state index contributed by atoms with van der Waals surface area (Å²) in [4.78, 5) is 4.08. The van der Waals surface area contributed by atoms with Crippen molar-refractivity contribution in [1.29, 1.82) is 0 Å². The largest absolute Gasteiger partial charge is 0.265 e. The minimum Gasteiger partial charge on any atom is -0.265 e. The van der Waals surface area contributed by atoms with Crippen LogP contribution in [0.3, 0.4) is 0 Å². The van der Waals surface area contributed by atoms with Gasteiger partial charge in [-0.25, -0.2) is 0 Å². The summed E-state index contributed by atoms with van der Waals surface area (Å²) >= 11 is 0. The van der Waals surface area contributed by atoms with Crippen molar-refractivity contribution in [1.82, 2.24) is 4.98 Å². The Morgan fingerprint density at radius 2 is 1.88 bits per heavy atom. The van der Waals surface area contributed by atoms with E-state index in [9.17, 15) is 0 Å². The molecule has 0 atom stereocenters. The Morgan fingerprint density at radius 3 is 2.69 bits per heavy atom. The van der Waals surface area contributed by atoms with E-state index in [1.807, 2.05) is 12.4 Å². The van der Waals surface area contributed by atoms with Crippen molar-refractivity contribution < 1.29 is 0 Å². The maximum absolute atomic E-state index is 4.08. The Morgan fingerprint density at radius 1 is 1.06 bits per heavy atom. The Hall–Kier alpha value is -1.37. The van der Waals surface area contributed by atoms with Gasteiger partial charge in [0.05, 0.1) is 0 Å². The summed E-state index contributed by atoms with van der Waals surface area (Å²) in [7, 11) is 0. The predicted molar refractivity (Wildman–Crippen MR) is 69.1 cm³/mol. The van der Waals surface area contributed by atoms with Crippen LogP contribution in [0.25, 0.3) is 5.57 Å². The molecule has 0 radical (unpaired) electrons. The van der Waals surface area contributed by atoms with Crippen LogP contribution < -0.4 is 0 Å². The van der Waals surface area contributed by atoms with Gasteiger partial charge in [0, 0.05) is 12.4 Å². The number of pyridine rings is 1. The highest BCUT2D eigenvalue weighted by Gasteiger charge is 2.03. The van der Waals surface area contributed by atoms with Gasteiger partial charge in [-0.05, 0) is 55.9 Å².